The van der Waals surface area contributed by atoms with Crippen molar-refractivity contribution in [3.05, 3.63) is 11.9 Å². The average Bonchev–Trinajstić information content (AvgIpc) is 3.21. The molecule has 1 amide bonds. The number of hydrogen-bond donors (Lipinski definition) is 2. The van der Waals surface area contributed by atoms with Crippen LogP contribution in [0.15, 0.2) is 6.07 Å². The fourth-order valence-electron chi connectivity index (χ4n) is 1.76. The summed E-state index contributed by atoms with van der Waals surface area (Å²) in [5, 5.41) is 5.99. The molecule has 1 saturated carbocycles. The van der Waals surface area contributed by atoms with Crippen molar-refractivity contribution in [2.75, 3.05) is 30.9 Å². The van der Waals surface area contributed by atoms with Crippen molar-refractivity contribution < 1.29 is 4.79 Å². The number of aromatic nitrogens is 2. The van der Waals surface area contributed by atoms with Gasteiger partial charge in [-0.15, -0.1) is 0 Å². The number of carbonyl (C=O) groups is 1. The maximum atomic E-state index is 11.8. The molecule has 1 heterocycles. The van der Waals surface area contributed by atoms with Gasteiger partial charge in [-0.05, 0) is 12.8 Å². The Morgan fingerprint density at radius 3 is 2.79 bits per heavy atom. The van der Waals surface area contributed by atoms with Crippen LogP contribution in [0.1, 0.15) is 25.6 Å². The van der Waals surface area contributed by atoms with Crippen molar-refractivity contribution in [3.8, 4) is 0 Å². The number of amides is 1. The van der Waals surface area contributed by atoms with Gasteiger partial charge in [0.1, 0.15) is 17.5 Å². The van der Waals surface area contributed by atoms with Crippen LogP contribution >= 0.6 is 0 Å². The number of aryl methyl sites for hydroxylation is 1. The van der Waals surface area contributed by atoms with E-state index in [1.165, 1.54) is 0 Å². The van der Waals surface area contributed by atoms with Crippen LogP contribution in [-0.4, -0.2) is 42.6 Å². The van der Waals surface area contributed by atoms with Gasteiger partial charge in [-0.25, -0.2) is 9.97 Å². The molecule has 2 N–H and O–H groups in total. The summed E-state index contributed by atoms with van der Waals surface area (Å²) in [6.45, 7) is 2.33. The van der Waals surface area contributed by atoms with E-state index in [9.17, 15) is 4.79 Å². The molecule has 0 atom stereocenters. The molecule has 1 fully saturated rings. The third kappa shape index (κ3) is 3.81. The molecule has 0 aromatic carbocycles. The van der Waals surface area contributed by atoms with Gasteiger partial charge in [-0.2, -0.15) is 0 Å². The van der Waals surface area contributed by atoms with Crippen molar-refractivity contribution in [3.63, 3.8) is 0 Å². The molecule has 2 rings (SSSR count). The summed E-state index contributed by atoms with van der Waals surface area (Å²) >= 11 is 0. The van der Waals surface area contributed by atoms with E-state index in [4.69, 9.17) is 0 Å². The zero-order chi connectivity index (χ0) is 13.8. The van der Waals surface area contributed by atoms with Gasteiger partial charge < -0.3 is 15.5 Å². The lowest BCUT2D eigenvalue weighted by molar-refractivity contribution is -0.119. The highest BCUT2D eigenvalue weighted by Gasteiger charge is 2.23. The standard InChI is InChI=1S/C13H21N5O/c1-4-10-16-11(14-2)7-12(17-10)18(3)8-13(19)15-9-5-6-9/h7,9H,4-6,8H2,1-3H3,(H,15,19)(H,14,16,17). The minimum atomic E-state index is 0.0488. The van der Waals surface area contributed by atoms with Crippen molar-refractivity contribution in [2.24, 2.45) is 0 Å². The molecule has 0 saturated heterocycles. The maximum absolute atomic E-state index is 11.8. The van der Waals surface area contributed by atoms with Crippen LogP contribution in [0.3, 0.4) is 0 Å². The van der Waals surface area contributed by atoms with Crippen molar-refractivity contribution >= 4 is 17.5 Å². The van der Waals surface area contributed by atoms with E-state index < -0.39 is 0 Å². The molecule has 19 heavy (non-hydrogen) atoms. The minimum absolute atomic E-state index is 0.0488. The van der Waals surface area contributed by atoms with Crippen LogP contribution < -0.4 is 15.5 Å². The molecule has 1 aromatic rings. The van der Waals surface area contributed by atoms with Gasteiger partial charge in [-0.3, -0.25) is 4.79 Å². The number of likely N-dealkylation sites (N-methyl/N-ethyl adjacent to an activating group) is 1. The Kier molecular flexibility index (Phi) is 4.19. The quantitative estimate of drug-likeness (QED) is 0.794. The van der Waals surface area contributed by atoms with Crippen LogP contribution in [0.25, 0.3) is 0 Å². The highest BCUT2D eigenvalue weighted by molar-refractivity contribution is 5.81. The summed E-state index contributed by atoms with van der Waals surface area (Å²) in [6.07, 6.45) is 2.98. The van der Waals surface area contributed by atoms with Gasteiger partial charge >= 0.3 is 0 Å². The predicted octanol–water partition coefficient (Wildman–Crippen LogP) is 0.795. The van der Waals surface area contributed by atoms with E-state index in [1.807, 2.05) is 32.0 Å². The molecule has 1 aliphatic carbocycles. The maximum Gasteiger partial charge on any atom is 0.239 e. The molecule has 6 heteroatoms. The van der Waals surface area contributed by atoms with Crippen molar-refractivity contribution in [1.29, 1.82) is 0 Å². The number of nitrogens with zero attached hydrogens (tertiary/aromatic N) is 3. The summed E-state index contributed by atoms with van der Waals surface area (Å²) in [4.78, 5) is 22.4. The van der Waals surface area contributed by atoms with Gasteiger partial charge in [0.2, 0.25) is 5.91 Å². The first-order valence-electron chi connectivity index (χ1n) is 6.68. The Bertz CT molecular complexity index is 436. The van der Waals surface area contributed by atoms with E-state index >= 15 is 0 Å². The lowest BCUT2D eigenvalue weighted by Crippen LogP contribution is -2.36. The number of rotatable bonds is 6. The van der Waals surface area contributed by atoms with Crippen LogP contribution in [0.4, 0.5) is 11.6 Å². The second-order valence-corrected chi connectivity index (χ2v) is 4.83. The molecule has 0 spiro atoms. The lowest BCUT2D eigenvalue weighted by Gasteiger charge is -2.19. The highest BCUT2D eigenvalue weighted by atomic mass is 16.2. The molecule has 0 radical (unpaired) electrons. The number of hydrogen-bond acceptors (Lipinski definition) is 5. The van der Waals surface area contributed by atoms with Gasteiger partial charge in [0.25, 0.3) is 0 Å². The monoisotopic (exact) mass is 263 g/mol. The summed E-state index contributed by atoms with van der Waals surface area (Å²) in [6, 6.07) is 2.24. The number of nitrogens with one attached hydrogen (secondary N) is 2. The normalized spacial score (nSPS) is 14.1. The molecule has 1 aromatic heterocycles. The third-order valence-electron chi connectivity index (χ3n) is 3.05. The molecule has 6 nitrogen and oxygen atoms in total. The minimum Gasteiger partial charge on any atom is -0.373 e. The first-order valence-corrected chi connectivity index (χ1v) is 6.68. The van der Waals surface area contributed by atoms with Gasteiger partial charge in [0, 0.05) is 32.6 Å². The average molecular weight is 263 g/mol. The summed E-state index contributed by atoms with van der Waals surface area (Å²) < 4.78 is 0. The smallest absolute Gasteiger partial charge is 0.239 e. The van der Waals surface area contributed by atoms with Crippen LogP contribution in [0.5, 0.6) is 0 Å². The largest absolute Gasteiger partial charge is 0.373 e. The molecular weight excluding hydrogens is 242 g/mol. The van der Waals surface area contributed by atoms with Gasteiger partial charge in [0.15, 0.2) is 0 Å². The Morgan fingerprint density at radius 1 is 1.47 bits per heavy atom. The first kappa shape index (κ1) is 13.6. The lowest BCUT2D eigenvalue weighted by atomic mass is 10.4. The molecule has 0 aliphatic heterocycles. The topological polar surface area (TPSA) is 70.2 Å². The molecule has 104 valence electrons. The zero-order valence-electron chi connectivity index (χ0n) is 11.7. The van der Waals surface area contributed by atoms with E-state index in [0.29, 0.717) is 12.6 Å². The van der Waals surface area contributed by atoms with E-state index in [-0.39, 0.29) is 5.91 Å². The predicted molar refractivity (Wildman–Crippen MR) is 75.4 cm³/mol. The third-order valence-corrected chi connectivity index (χ3v) is 3.05. The molecule has 0 unspecified atom stereocenters. The highest BCUT2D eigenvalue weighted by Crippen LogP contribution is 2.19. The molecule has 0 bridgehead atoms. The second kappa shape index (κ2) is 5.86. The summed E-state index contributed by atoms with van der Waals surface area (Å²) in [5.41, 5.74) is 0. The number of anilines is 2. The Hall–Kier alpha value is -1.85. The van der Waals surface area contributed by atoms with Crippen LogP contribution in [0, 0.1) is 0 Å². The summed E-state index contributed by atoms with van der Waals surface area (Å²) in [7, 11) is 3.69. The SMILES string of the molecule is CCc1nc(NC)cc(N(C)CC(=O)NC2CC2)n1. The van der Waals surface area contributed by atoms with Crippen LogP contribution in [-0.2, 0) is 11.2 Å². The second-order valence-electron chi connectivity index (χ2n) is 4.83. The number of carbonyl (C=O) groups excluding carboxylic acids is 1. The fraction of sp³-hybridized carbons (Fsp3) is 0.615. The molecular formula is C13H21N5O. The zero-order valence-corrected chi connectivity index (χ0v) is 11.7. The van der Waals surface area contributed by atoms with E-state index in [2.05, 4.69) is 20.6 Å². The van der Waals surface area contributed by atoms with Gasteiger partial charge in [0.05, 0.1) is 6.54 Å². The van der Waals surface area contributed by atoms with E-state index in [0.717, 1.165) is 36.7 Å². The van der Waals surface area contributed by atoms with Gasteiger partial charge in [-0.1, -0.05) is 6.92 Å². The summed E-state index contributed by atoms with van der Waals surface area (Å²) in [5.74, 6) is 2.36. The van der Waals surface area contributed by atoms with Crippen molar-refractivity contribution in [1.82, 2.24) is 15.3 Å². The Labute approximate surface area is 113 Å². The Balaban J connectivity index is 2.03. The van der Waals surface area contributed by atoms with E-state index in [1.54, 1.807) is 0 Å². The molecule has 1 aliphatic rings. The Morgan fingerprint density at radius 2 is 2.21 bits per heavy atom. The fourth-order valence-corrected chi connectivity index (χ4v) is 1.76. The van der Waals surface area contributed by atoms with Crippen LogP contribution in [0.2, 0.25) is 0 Å². The first-order chi connectivity index (χ1) is 9.12. The van der Waals surface area contributed by atoms with Crippen molar-refractivity contribution in [2.45, 2.75) is 32.2 Å².